The summed E-state index contributed by atoms with van der Waals surface area (Å²) in [7, 11) is 3.39. The molecule has 24 heavy (non-hydrogen) atoms. The first-order valence-corrected chi connectivity index (χ1v) is 7.09. The molecule has 0 spiro atoms. The number of amides is 1. The van der Waals surface area contributed by atoms with Crippen LogP contribution < -0.4 is 10.1 Å². The Labute approximate surface area is 137 Å². The fraction of sp³-hybridized carbons (Fsp3) is 0.188. The molecule has 2 heterocycles. The van der Waals surface area contributed by atoms with Gasteiger partial charge in [-0.2, -0.15) is 5.10 Å². The van der Waals surface area contributed by atoms with Crippen LogP contribution in [0.25, 0.3) is 22.2 Å². The number of imidazole rings is 1. The molecule has 0 aliphatic carbocycles. The summed E-state index contributed by atoms with van der Waals surface area (Å²) in [6.07, 6.45) is 3.61. The molecular weight excluding hydrogens is 310 g/mol. The average Bonchev–Trinajstić information content (AvgIpc) is 3.18. The molecule has 1 aromatic carbocycles. The van der Waals surface area contributed by atoms with E-state index in [0.717, 1.165) is 11.1 Å². The van der Waals surface area contributed by atoms with Gasteiger partial charge in [0.1, 0.15) is 23.4 Å². The Morgan fingerprint density at radius 2 is 2.33 bits per heavy atom. The molecule has 8 nitrogen and oxygen atoms in total. The Hall–Kier alpha value is -3.31. The summed E-state index contributed by atoms with van der Waals surface area (Å²) in [5, 5.41) is 15.3. The number of aromatic amines is 1. The fourth-order valence-corrected chi connectivity index (χ4v) is 2.35. The van der Waals surface area contributed by atoms with Crippen molar-refractivity contribution in [1.82, 2.24) is 19.7 Å². The zero-order chi connectivity index (χ0) is 17.1. The van der Waals surface area contributed by atoms with Crippen molar-refractivity contribution in [1.29, 1.82) is 0 Å². The first kappa shape index (κ1) is 15.6. The van der Waals surface area contributed by atoms with Gasteiger partial charge in [-0.3, -0.25) is 14.8 Å². The number of carbonyl (C=O) groups excluding carboxylic acids is 1. The quantitative estimate of drug-likeness (QED) is 0.621. The number of rotatable bonds is 3. The number of hydrogen-bond acceptors (Lipinski definition) is 5. The zero-order valence-electron chi connectivity index (χ0n) is 13.1. The molecule has 122 valence electrons. The minimum Gasteiger partial charge on any atom is -0.494 e. The lowest BCUT2D eigenvalue weighted by molar-refractivity contribution is -0.111. The van der Waals surface area contributed by atoms with Crippen LogP contribution in [0, 0.1) is 11.8 Å². The molecule has 2 aromatic heterocycles. The van der Waals surface area contributed by atoms with E-state index in [1.54, 1.807) is 18.0 Å². The lowest BCUT2D eigenvalue weighted by Crippen LogP contribution is -2.09. The lowest BCUT2D eigenvalue weighted by Gasteiger charge is -2.04. The molecule has 0 atom stereocenters. The van der Waals surface area contributed by atoms with E-state index in [1.807, 2.05) is 25.4 Å². The minimum absolute atomic E-state index is 0.247. The molecular formula is C16H15N5O3. The number of fused-ring (bicyclic) bond motifs is 1. The summed E-state index contributed by atoms with van der Waals surface area (Å²) < 4.78 is 7.04. The van der Waals surface area contributed by atoms with Crippen LogP contribution in [0.3, 0.4) is 0 Å². The van der Waals surface area contributed by atoms with Gasteiger partial charge in [-0.15, -0.1) is 0 Å². The van der Waals surface area contributed by atoms with Crippen molar-refractivity contribution >= 4 is 22.9 Å². The predicted octanol–water partition coefficient (Wildman–Crippen LogP) is 0.906. The van der Waals surface area contributed by atoms with Crippen molar-refractivity contribution in [3.8, 4) is 28.7 Å². The number of methoxy groups -OCH3 is 1. The SMILES string of the molecule is COc1ccc(-c2cnn(C)c2)c2nc(NC(=O)C#CCO)[nH]c12. The maximum absolute atomic E-state index is 11.7. The van der Waals surface area contributed by atoms with E-state index in [0.29, 0.717) is 16.8 Å². The Kier molecular flexibility index (Phi) is 4.18. The molecule has 0 saturated carbocycles. The summed E-state index contributed by atoms with van der Waals surface area (Å²) in [6, 6.07) is 3.70. The van der Waals surface area contributed by atoms with E-state index in [4.69, 9.17) is 9.84 Å². The summed E-state index contributed by atoms with van der Waals surface area (Å²) in [5.41, 5.74) is 3.06. The van der Waals surface area contributed by atoms with Crippen LogP contribution in [0.1, 0.15) is 0 Å². The molecule has 3 rings (SSSR count). The molecule has 0 fully saturated rings. The van der Waals surface area contributed by atoms with Gasteiger partial charge in [-0.1, -0.05) is 5.92 Å². The second-order valence-electron chi connectivity index (χ2n) is 4.94. The Bertz CT molecular complexity index is 961. The summed E-state index contributed by atoms with van der Waals surface area (Å²) >= 11 is 0. The van der Waals surface area contributed by atoms with Gasteiger partial charge in [0.25, 0.3) is 0 Å². The third kappa shape index (κ3) is 2.93. The number of nitrogens with zero attached hydrogens (tertiary/aromatic N) is 3. The molecule has 0 aliphatic heterocycles. The Balaban J connectivity index is 2.07. The zero-order valence-corrected chi connectivity index (χ0v) is 13.1. The predicted molar refractivity (Wildman–Crippen MR) is 88.3 cm³/mol. The Morgan fingerprint density at radius 1 is 1.50 bits per heavy atom. The first-order chi connectivity index (χ1) is 11.6. The van der Waals surface area contributed by atoms with Crippen molar-refractivity contribution in [2.45, 2.75) is 0 Å². The van der Waals surface area contributed by atoms with Gasteiger partial charge in [0, 0.05) is 24.4 Å². The molecule has 0 unspecified atom stereocenters. The number of aliphatic hydroxyl groups is 1. The molecule has 0 bridgehead atoms. The topological polar surface area (TPSA) is 105 Å². The van der Waals surface area contributed by atoms with E-state index in [-0.39, 0.29) is 12.6 Å². The van der Waals surface area contributed by atoms with E-state index < -0.39 is 5.91 Å². The van der Waals surface area contributed by atoms with Crippen LogP contribution >= 0.6 is 0 Å². The highest BCUT2D eigenvalue weighted by molar-refractivity contribution is 6.04. The van der Waals surface area contributed by atoms with Crippen LogP contribution in [0.2, 0.25) is 0 Å². The molecule has 1 amide bonds. The van der Waals surface area contributed by atoms with Crippen LogP contribution in [0.4, 0.5) is 5.95 Å². The highest BCUT2D eigenvalue weighted by atomic mass is 16.5. The summed E-state index contributed by atoms with van der Waals surface area (Å²) in [4.78, 5) is 19.1. The van der Waals surface area contributed by atoms with E-state index in [9.17, 15) is 4.79 Å². The third-order valence-electron chi connectivity index (χ3n) is 3.36. The monoisotopic (exact) mass is 325 g/mol. The van der Waals surface area contributed by atoms with Crippen LogP contribution in [-0.2, 0) is 11.8 Å². The molecule has 3 aromatic rings. The largest absolute Gasteiger partial charge is 0.494 e. The van der Waals surface area contributed by atoms with Crippen LogP contribution in [0.15, 0.2) is 24.5 Å². The highest BCUT2D eigenvalue weighted by Crippen LogP contribution is 2.33. The van der Waals surface area contributed by atoms with E-state index in [1.165, 1.54) is 0 Å². The molecule has 0 aliphatic rings. The first-order valence-electron chi connectivity index (χ1n) is 7.09. The minimum atomic E-state index is -0.565. The van der Waals surface area contributed by atoms with E-state index in [2.05, 4.69) is 32.2 Å². The molecule has 8 heteroatoms. The standard InChI is InChI=1S/C16H15N5O3/c1-21-9-10(8-17-21)11-5-6-12(24-2)15-14(11)19-16(20-15)18-13(23)4-3-7-22/h5-6,8-9,22H,7H2,1-2H3,(H2,18,19,20,23). The number of ether oxygens (including phenoxy) is 1. The maximum Gasteiger partial charge on any atom is 0.302 e. The van der Waals surface area contributed by atoms with Crippen LogP contribution in [0.5, 0.6) is 5.75 Å². The number of aromatic nitrogens is 4. The lowest BCUT2D eigenvalue weighted by atomic mass is 10.1. The fourth-order valence-electron chi connectivity index (χ4n) is 2.35. The molecule has 0 radical (unpaired) electrons. The highest BCUT2D eigenvalue weighted by Gasteiger charge is 2.15. The van der Waals surface area contributed by atoms with Gasteiger partial charge in [0.15, 0.2) is 0 Å². The summed E-state index contributed by atoms with van der Waals surface area (Å²) in [6.45, 7) is -0.382. The van der Waals surface area contributed by atoms with Crippen molar-refractivity contribution in [3.63, 3.8) is 0 Å². The Morgan fingerprint density at radius 3 is 3.00 bits per heavy atom. The average molecular weight is 325 g/mol. The third-order valence-corrected chi connectivity index (χ3v) is 3.36. The van der Waals surface area contributed by atoms with Crippen molar-refractivity contribution in [2.24, 2.45) is 7.05 Å². The normalized spacial score (nSPS) is 10.3. The summed E-state index contributed by atoms with van der Waals surface area (Å²) in [5.74, 6) is 4.82. The van der Waals surface area contributed by atoms with Crippen molar-refractivity contribution in [2.75, 3.05) is 19.0 Å². The molecule has 0 saturated heterocycles. The van der Waals surface area contributed by atoms with Gasteiger partial charge in [-0.05, 0) is 18.1 Å². The van der Waals surface area contributed by atoms with Gasteiger partial charge in [0.2, 0.25) is 5.95 Å². The maximum atomic E-state index is 11.7. The second kappa shape index (κ2) is 6.44. The van der Waals surface area contributed by atoms with Gasteiger partial charge < -0.3 is 14.8 Å². The van der Waals surface area contributed by atoms with E-state index >= 15 is 0 Å². The number of hydrogen-bond donors (Lipinski definition) is 3. The second-order valence-corrected chi connectivity index (χ2v) is 4.94. The van der Waals surface area contributed by atoms with Crippen LogP contribution in [-0.4, -0.2) is 44.5 Å². The number of nitrogens with one attached hydrogen (secondary N) is 2. The van der Waals surface area contributed by atoms with Crippen molar-refractivity contribution in [3.05, 3.63) is 24.5 Å². The molecule has 3 N–H and O–H groups in total. The van der Waals surface area contributed by atoms with Gasteiger partial charge in [0.05, 0.1) is 13.3 Å². The number of carbonyl (C=O) groups is 1. The smallest absolute Gasteiger partial charge is 0.302 e. The number of anilines is 1. The van der Waals surface area contributed by atoms with Gasteiger partial charge in [-0.25, -0.2) is 4.98 Å². The number of aliphatic hydroxyl groups excluding tert-OH is 1. The van der Waals surface area contributed by atoms with Gasteiger partial charge >= 0.3 is 5.91 Å². The number of H-pyrrole nitrogens is 1. The number of benzene rings is 1. The number of aryl methyl sites for hydroxylation is 1. The van der Waals surface area contributed by atoms with Crippen molar-refractivity contribution < 1.29 is 14.6 Å².